The zero-order valence-corrected chi connectivity index (χ0v) is 12.4. The molecule has 0 saturated carbocycles. The third kappa shape index (κ3) is 5.43. The zero-order valence-electron chi connectivity index (χ0n) is 12.4. The van der Waals surface area contributed by atoms with E-state index in [4.69, 9.17) is 5.11 Å². The largest absolute Gasteiger partial charge is 0.395 e. The van der Waals surface area contributed by atoms with E-state index in [-0.39, 0.29) is 12.5 Å². The molecule has 4 nitrogen and oxygen atoms in total. The SMILES string of the molecule is CN(CC(=O)N(C)C)Cc1ccccc1C#CCCO. The highest BCUT2D eigenvalue weighted by molar-refractivity contribution is 5.77. The maximum atomic E-state index is 11.7. The van der Waals surface area contributed by atoms with E-state index in [1.54, 1.807) is 19.0 Å². The Morgan fingerprint density at radius 2 is 1.95 bits per heavy atom. The molecule has 0 saturated heterocycles. The van der Waals surface area contributed by atoms with Crippen molar-refractivity contribution in [3.05, 3.63) is 35.4 Å². The summed E-state index contributed by atoms with van der Waals surface area (Å²) in [4.78, 5) is 15.2. The number of aliphatic hydroxyl groups excluding tert-OH is 1. The Balaban J connectivity index is 2.72. The zero-order chi connectivity index (χ0) is 15.0. The van der Waals surface area contributed by atoms with Crippen molar-refractivity contribution in [2.45, 2.75) is 13.0 Å². The summed E-state index contributed by atoms with van der Waals surface area (Å²) in [6.45, 7) is 1.13. The second-order valence-electron chi connectivity index (χ2n) is 4.89. The van der Waals surface area contributed by atoms with E-state index in [9.17, 15) is 4.79 Å². The highest BCUT2D eigenvalue weighted by atomic mass is 16.2. The summed E-state index contributed by atoms with van der Waals surface area (Å²) in [5, 5.41) is 8.76. The lowest BCUT2D eigenvalue weighted by atomic mass is 10.1. The van der Waals surface area contributed by atoms with Gasteiger partial charge in [-0.3, -0.25) is 9.69 Å². The van der Waals surface area contributed by atoms with Gasteiger partial charge in [-0.25, -0.2) is 0 Å². The van der Waals surface area contributed by atoms with Gasteiger partial charge in [0.2, 0.25) is 5.91 Å². The van der Waals surface area contributed by atoms with Crippen molar-refractivity contribution in [3.63, 3.8) is 0 Å². The van der Waals surface area contributed by atoms with Crippen LogP contribution in [0, 0.1) is 11.8 Å². The molecule has 0 aliphatic carbocycles. The Morgan fingerprint density at radius 3 is 2.60 bits per heavy atom. The first-order valence-electron chi connectivity index (χ1n) is 6.61. The van der Waals surface area contributed by atoms with Crippen molar-refractivity contribution >= 4 is 5.91 Å². The van der Waals surface area contributed by atoms with Gasteiger partial charge in [0.15, 0.2) is 0 Å². The average Bonchev–Trinajstić information content (AvgIpc) is 2.40. The predicted octanol–water partition coefficient (Wildman–Crippen LogP) is 0.940. The Bertz CT molecular complexity index is 501. The Hall–Kier alpha value is -1.83. The van der Waals surface area contributed by atoms with Crippen molar-refractivity contribution in [2.24, 2.45) is 0 Å². The summed E-state index contributed by atoms with van der Waals surface area (Å²) in [6.07, 6.45) is 0.475. The molecular formula is C16H22N2O2. The topological polar surface area (TPSA) is 43.8 Å². The molecule has 0 radical (unpaired) electrons. The van der Waals surface area contributed by atoms with Crippen LogP contribution in [0.2, 0.25) is 0 Å². The monoisotopic (exact) mass is 274 g/mol. The number of rotatable bonds is 5. The minimum atomic E-state index is 0.0758. The standard InChI is InChI=1S/C16H22N2O2/c1-17(2)16(20)13-18(3)12-15-10-5-4-8-14(15)9-6-7-11-19/h4-5,8,10,19H,7,11-13H2,1-3H3. The third-order valence-electron chi connectivity index (χ3n) is 2.82. The van der Waals surface area contributed by atoms with Gasteiger partial charge in [0.1, 0.15) is 0 Å². The van der Waals surface area contributed by atoms with E-state index in [0.29, 0.717) is 19.5 Å². The first-order chi connectivity index (χ1) is 9.54. The van der Waals surface area contributed by atoms with E-state index in [0.717, 1.165) is 11.1 Å². The first kappa shape index (κ1) is 16.2. The van der Waals surface area contributed by atoms with E-state index in [2.05, 4.69) is 11.8 Å². The second kappa shape index (κ2) is 8.36. The molecule has 1 aromatic carbocycles. The van der Waals surface area contributed by atoms with Crippen molar-refractivity contribution in [1.29, 1.82) is 0 Å². The van der Waals surface area contributed by atoms with Crippen LogP contribution in [0.3, 0.4) is 0 Å². The van der Waals surface area contributed by atoms with Crippen molar-refractivity contribution < 1.29 is 9.90 Å². The smallest absolute Gasteiger partial charge is 0.236 e. The minimum Gasteiger partial charge on any atom is -0.395 e. The van der Waals surface area contributed by atoms with Crippen LogP contribution >= 0.6 is 0 Å². The molecule has 4 heteroatoms. The number of hydrogen-bond acceptors (Lipinski definition) is 3. The molecule has 0 aliphatic rings. The lowest BCUT2D eigenvalue weighted by Crippen LogP contribution is -2.34. The van der Waals surface area contributed by atoms with E-state index < -0.39 is 0 Å². The maximum Gasteiger partial charge on any atom is 0.236 e. The van der Waals surface area contributed by atoms with Crippen LogP contribution in [-0.4, -0.2) is 55.1 Å². The summed E-state index contributed by atoms with van der Waals surface area (Å²) < 4.78 is 0. The Kier molecular flexibility index (Phi) is 6.78. The number of likely N-dealkylation sites (N-methyl/N-ethyl adjacent to an activating group) is 2. The van der Waals surface area contributed by atoms with Crippen molar-refractivity contribution in [3.8, 4) is 11.8 Å². The molecule has 0 spiro atoms. The van der Waals surface area contributed by atoms with E-state index in [1.807, 2.05) is 36.2 Å². The van der Waals surface area contributed by atoms with Gasteiger partial charge in [-0.1, -0.05) is 30.0 Å². The lowest BCUT2D eigenvalue weighted by Gasteiger charge is -2.19. The van der Waals surface area contributed by atoms with Gasteiger partial charge in [-0.05, 0) is 18.7 Å². The molecule has 0 fully saturated rings. The molecule has 1 rings (SSSR count). The number of carbonyl (C=O) groups is 1. The van der Waals surface area contributed by atoms with Crippen LogP contribution in [-0.2, 0) is 11.3 Å². The third-order valence-corrected chi connectivity index (χ3v) is 2.82. The molecule has 1 aromatic rings. The molecule has 1 amide bonds. The number of amides is 1. The molecule has 1 N–H and O–H groups in total. The van der Waals surface area contributed by atoms with Gasteiger partial charge < -0.3 is 10.0 Å². The molecule has 0 aromatic heterocycles. The van der Waals surface area contributed by atoms with Crippen molar-refractivity contribution in [2.75, 3.05) is 34.3 Å². The number of carbonyl (C=O) groups excluding carboxylic acids is 1. The van der Waals surface area contributed by atoms with E-state index in [1.165, 1.54) is 0 Å². The molecular weight excluding hydrogens is 252 g/mol. The fraction of sp³-hybridized carbons (Fsp3) is 0.438. The fourth-order valence-corrected chi connectivity index (χ4v) is 1.71. The summed E-state index contributed by atoms with van der Waals surface area (Å²) in [7, 11) is 5.42. The lowest BCUT2D eigenvalue weighted by molar-refractivity contribution is -0.129. The predicted molar refractivity (Wildman–Crippen MR) is 80.1 cm³/mol. The van der Waals surface area contributed by atoms with Gasteiger partial charge in [-0.2, -0.15) is 0 Å². The van der Waals surface area contributed by atoms with E-state index >= 15 is 0 Å². The highest BCUT2D eigenvalue weighted by Crippen LogP contribution is 2.10. The summed E-state index contributed by atoms with van der Waals surface area (Å²) >= 11 is 0. The maximum absolute atomic E-state index is 11.7. The highest BCUT2D eigenvalue weighted by Gasteiger charge is 2.10. The molecule has 108 valence electrons. The first-order valence-corrected chi connectivity index (χ1v) is 6.61. The van der Waals surface area contributed by atoms with Gasteiger partial charge in [0.05, 0.1) is 13.2 Å². The molecule has 0 atom stereocenters. The molecule has 0 heterocycles. The van der Waals surface area contributed by atoms with Gasteiger partial charge in [-0.15, -0.1) is 0 Å². The fourth-order valence-electron chi connectivity index (χ4n) is 1.71. The molecule has 20 heavy (non-hydrogen) atoms. The van der Waals surface area contributed by atoms with Crippen LogP contribution < -0.4 is 0 Å². The minimum absolute atomic E-state index is 0.0758. The number of nitrogens with zero attached hydrogens (tertiary/aromatic N) is 2. The van der Waals surface area contributed by atoms with Crippen LogP contribution in [0.4, 0.5) is 0 Å². The van der Waals surface area contributed by atoms with Crippen LogP contribution in [0.1, 0.15) is 17.5 Å². The molecule has 0 unspecified atom stereocenters. The molecule has 0 aliphatic heterocycles. The Labute approximate surface area is 121 Å². The van der Waals surface area contributed by atoms with Gasteiger partial charge >= 0.3 is 0 Å². The number of aliphatic hydroxyl groups is 1. The summed E-state index contributed by atoms with van der Waals surface area (Å²) in [5.74, 6) is 6.07. The number of benzene rings is 1. The second-order valence-corrected chi connectivity index (χ2v) is 4.89. The van der Waals surface area contributed by atoms with Crippen LogP contribution in [0.25, 0.3) is 0 Å². The van der Waals surface area contributed by atoms with Gasteiger partial charge in [0.25, 0.3) is 0 Å². The quantitative estimate of drug-likeness (QED) is 0.813. The van der Waals surface area contributed by atoms with Crippen molar-refractivity contribution in [1.82, 2.24) is 9.80 Å². The summed E-state index contributed by atoms with van der Waals surface area (Å²) in [6, 6.07) is 7.88. The Morgan fingerprint density at radius 1 is 1.25 bits per heavy atom. The number of hydrogen-bond donors (Lipinski definition) is 1. The molecule has 0 bridgehead atoms. The average molecular weight is 274 g/mol. The van der Waals surface area contributed by atoms with Crippen LogP contribution in [0.5, 0.6) is 0 Å². The summed E-state index contributed by atoms with van der Waals surface area (Å²) in [5.41, 5.74) is 2.04. The van der Waals surface area contributed by atoms with Crippen LogP contribution in [0.15, 0.2) is 24.3 Å². The van der Waals surface area contributed by atoms with Gasteiger partial charge in [0, 0.05) is 32.6 Å². The normalized spacial score (nSPS) is 10.1.